The SMILES string of the molecule is Cc1c(C(=O)OCC(=O)N[C@H]2CCCC[C@@H]2C)sc2nc(-c3cccs3)cc(C(F)(F)F)c12. The molecule has 3 aromatic rings. The van der Waals surface area contributed by atoms with Crippen LogP contribution in [0, 0.1) is 12.8 Å². The van der Waals surface area contributed by atoms with Crippen molar-refractivity contribution in [3.05, 3.63) is 39.6 Å². The summed E-state index contributed by atoms with van der Waals surface area (Å²) >= 11 is 2.13. The Balaban J connectivity index is 1.57. The quantitative estimate of drug-likeness (QED) is 0.427. The van der Waals surface area contributed by atoms with Crippen LogP contribution in [-0.2, 0) is 15.7 Å². The van der Waals surface area contributed by atoms with Crippen LogP contribution in [-0.4, -0.2) is 29.5 Å². The van der Waals surface area contributed by atoms with Crippen molar-refractivity contribution in [2.45, 2.75) is 51.7 Å². The van der Waals surface area contributed by atoms with Crippen molar-refractivity contribution in [1.29, 1.82) is 0 Å². The van der Waals surface area contributed by atoms with Crippen molar-refractivity contribution in [2.75, 3.05) is 6.61 Å². The number of alkyl halides is 3. The van der Waals surface area contributed by atoms with E-state index in [0.717, 1.165) is 43.1 Å². The second-order valence-corrected chi connectivity index (χ2v) is 10.2. The zero-order chi connectivity index (χ0) is 23.8. The molecule has 0 bridgehead atoms. The summed E-state index contributed by atoms with van der Waals surface area (Å²) in [5.74, 6) is -0.879. The van der Waals surface area contributed by atoms with E-state index in [1.807, 2.05) is 0 Å². The fraction of sp³-hybridized carbons (Fsp3) is 0.435. The Labute approximate surface area is 197 Å². The van der Waals surface area contributed by atoms with Crippen molar-refractivity contribution < 1.29 is 27.5 Å². The molecule has 4 rings (SSSR count). The first-order chi connectivity index (χ1) is 15.6. The van der Waals surface area contributed by atoms with Gasteiger partial charge < -0.3 is 10.1 Å². The molecule has 2 atom stereocenters. The summed E-state index contributed by atoms with van der Waals surface area (Å²) in [4.78, 5) is 30.0. The predicted octanol–water partition coefficient (Wildman–Crippen LogP) is 6.20. The molecule has 0 radical (unpaired) electrons. The van der Waals surface area contributed by atoms with Gasteiger partial charge in [-0.1, -0.05) is 25.8 Å². The van der Waals surface area contributed by atoms with Gasteiger partial charge in [0.25, 0.3) is 5.91 Å². The van der Waals surface area contributed by atoms with E-state index in [1.54, 1.807) is 17.5 Å². The summed E-state index contributed by atoms with van der Waals surface area (Å²) < 4.78 is 46.7. The molecule has 1 aliphatic carbocycles. The number of aromatic nitrogens is 1. The number of thiophene rings is 2. The van der Waals surface area contributed by atoms with E-state index in [1.165, 1.54) is 18.3 Å². The molecule has 33 heavy (non-hydrogen) atoms. The number of aryl methyl sites for hydroxylation is 1. The molecule has 10 heteroatoms. The highest BCUT2D eigenvalue weighted by atomic mass is 32.1. The summed E-state index contributed by atoms with van der Waals surface area (Å²) in [6.07, 6.45) is -0.521. The standard InChI is InChI=1S/C23H23F3N2O3S2/c1-12-6-3-4-7-15(12)27-18(29)11-31-22(30)20-13(2)19-14(23(24,25)26)10-16(28-21(19)33-20)17-8-5-9-32-17/h5,8-10,12,15H,3-4,6-7,11H2,1-2H3,(H,27,29)/t12-,15-/m0/s1. The van der Waals surface area contributed by atoms with E-state index in [0.29, 0.717) is 10.8 Å². The number of carbonyl (C=O) groups excluding carboxylic acids is 2. The van der Waals surface area contributed by atoms with Crippen molar-refractivity contribution in [2.24, 2.45) is 5.92 Å². The van der Waals surface area contributed by atoms with Gasteiger partial charge in [0.1, 0.15) is 9.71 Å². The Hall–Kier alpha value is -2.46. The first-order valence-electron chi connectivity index (χ1n) is 10.7. The van der Waals surface area contributed by atoms with Crippen LogP contribution in [0.5, 0.6) is 0 Å². The lowest BCUT2D eigenvalue weighted by atomic mass is 9.86. The van der Waals surface area contributed by atoms with Crippen LogP contribution in [0.3, 0.4) is 0 Å². The number of amides is 1. The van der Waals surface area contributed by atoms with Gasteiger partial charge in [-0.3, -0.25) is 4.79 Å². The molecule has 176 valence electrons. The normalized spacial score (nSPS) is 18.9. The molecular formula is C23H23F3N2O3S2. The van der Waals surface area contributed by atoms with Gasteiger partial charge in [-0.2, -0.15) is 13.2 Å². The number of hydrogen-bond donors (Lipinski definition) is 1. The largest absolute Gasteiger partial charge is 0.451 e. The summed E-state index contributed by atoms with van der Waals surface area (Å²) in [6.45, 7) is 3.04. The van der Waals surface area contributed by atoms with Crippen molar-refractivity contribution >= 4 is 44.8 Å². The van der Waals surface area contributed by atoms with E-state index in [4.69, 9.17) is 4.74 Å². The Kier molecular flexibility index (Phi) is 6.76. The highest BCUT2D eigenvalue weighted by Gasteiger charge is 2.36. The summed E-state index contributed by atoms with van der Waals surface area (Å²) in [5.41, 5.74) is -0.487. The fourth-order valence-corrected chi connectivity index (χ4v) is 5.98. The Morgan fingerprint density at radius 3 is 2.70 bits per heavy atom. The lowest BCUT2D eigenvalue weighted by Crippen LogP contribution is -2.42. The number of esters is 1. The third kappa shape index (κ3) is 5.06. The number of rotatable bonds is 5. The van der Waals surface area contributed by atoms with Crippen LogP contribution in [0.1, 0.15) is 53.4 Å². The minimum Gasteiger partial charge on any atom is -0.451 e. The smallest absolute Gasteiger partial charge is 0.417 e. The Morgan fingerprint density at radius 1 is 1.27 bits per heavy atom. The van der Waals surface area contributed by atoms with E-state index in [2.05, 4.69) is 17.2 Å². The maximum absolute atomic E-state index is 13.8. The number of nitrogens with one attached hydrogen (secondary N) is 1. The first-order valence-corrected chi connectivity index (χ1v) is 12.4. The Morgan fingerprint density at radius 2 is 2.03 bits per heavy atom. The van der Waals surface area contributed by atoms with E-state index in [9.17, 15) is 22.8 Å². The maximum atomic E-state index is 13.8. The third-order valence-corrected chi connectivity index (χ3v) is 8.02. The van der Waals surface area contributed by atoms with Crippen molar-refractivity contribution in [1.82, 2.24) is 10.3 Å². The average molecular weight is 497 g/mol. The highest BCUT2D eigenvalue weighted by Crippen LogP contribution is 2.42. The number of pyridine rings is 1. The van der Waals surface area contributed by atoms with Gasteiger partial charge in [0, 0.05) is 11.4 Å². The molecule has 0 aliphatic heterocycles. The molecule has 0 unspecified atom stereocenters. The summed E-state index contributed by atoms with van der Waals surface area (Å²) in [6, 6.07) is 4.49. The number of hydrogen-bond acceptors (Lipinski definition) is 6. The molecule has 5 nitrogen and oxygen atoms in total. The molecule has 1 aliphatic rings. The first kappa shape index (κ1) is 23.7. The second kappa shape index (κ2) is 9.42. The second-order valence-electron chi connectivity index (χ2n) is 8.28. The monoisotopic (exact) mass is 496 g/mol. The van der Waals surface area contributed by atoms with E-state index >= 15 is 0 Å². The third-order valence-electron chi connectivity index (χ3n) is 5.96. The summed E-state index contributed by atoms with van der Waals surface area (Å²) in [7, 11) is 0. The molecule has 1 N–H and O–H groups in total. The Bertz CT molecular complexity index is 1170. The molecule has 0 aromatic carbocycles. The molecule has 1 saturated carbocycles. The zero-order valence-electron chi connectivity index (χ0n) is 18.1. The zero-order valence-corrected chi connectivity index (χ0v) is 19.8. The van der Waals surface area contributed by atoms with E-state index in [-0.39, 0.29) is 32.4 Å². The molecule has 0 saturated heterocycles. The number of halogens is 3. The van der Waals surface area contributed by atoms with Crippen LogP contribution in [0.4, 0.5) is 13.2 Å². The highest BCUT2D eigenvalue weighted by molar-refractivity contribution is 7.20. The number of fused-ring (bicyclic) bond motifs is 1. The minimum absolute atomic E-state index is 0.0187. The maximum Gasteiger partial charge on any atom is 0.417 e. The lowest BCUT2D eigenvalue weighted by Gasteiger charge is -2.29. The average Bonchev–Trinajstić information content (AvgIpc) is 3.41. The van der Waals surface area contributed by atoms with Crippen LogP contribution in [0.25, 0.3) is 20.8 Å². The number of nitrogens with zero attached hydrogens (tertiary/aromatic N) is 1. The van der Waals surface area contributed by atoms with Crippen molar-refractivity contribution in [3.63, 3.8) is 0 Å². The van der Waals surface area contributed by atoms with Crippen LogP contribution in [0.15, 0.2) is 23.6 Å². The molecule has 1 fully saturated rings. The lowest BCUT2D eigenvalue weighted by molar-refractivity contribution is -0.136. The van der Waals surface area contributed by atoms with Crippen LogP contribution >= 0.6 is 22.7 Å². The fourth-order valence-electron chi connectivity index (χ4n) is 4.19. The van der Waals surface area contributed by atoms with Gasteiger partial charge >= 0.3 is 12.1 Å². The van der Waals surface area contributed by atoms with Gasteiger partial charge in [0.2, 0.25) is 0 Å². The van der Waals surface area contributed by atoms with Gasteiger partial charge in [0.15, 0.2) is 6.61 Å². The molecule has 3 aromatic heterocycles. The minimum atomic E-state index is -4.61. The molecular weight excluding hydrogens is 473 g/mol. The van der Waals surface area contributed by atoms with Gasteiger partial charge in [-0.05, 0) is 48.8 Å². The van der Waals surface area contributed by atoms with Gasteiger partial charge in [-0.25, -0.2) is 9.78 Å². The number of ether oxygens (including phenoxy) is 1. The van der Waals surface area contributed by atoms with Crippen molar-refractivity contribution in [3.8, 4) is 10.6 Å². The van der Waals surface area contributed by atoms with Crippen LogP contribution in [0.2, 0.25) is 0 Å². The van der Waals surface area contributed by atoms with Gasteiger partial charge in [0.05, 0.1) is 16.1 Å². The van der Waals surface area contributed by atoms with E-state index < -0.39 is 30.2 Å². The summed E-state index contributed by atoms with van der Waals surface area (Å²) in [5, 5.41) is 4.55. The topological polar surface area (TPSA) is 68.3 Å². The molecule has 3 heterocycles. The molecule has 0 spiro atoms. The number of carbonyl (C=O) groups is 2. The predicted molar refractivity (Wildman–Crippen MR) is 123 cm³/mol. The van der Waals surface area contributed by atoms with Crippen LogP contribution < -0.4 is 5.32 Å². The van der Waals surface area contributed by atoms with Gasteiger partial charge in [-0.15, -0.1) is 22.7 Å². The molecule has 1 amide bonds.